The molecule has 1 aromatic heterocycles. The molecule has 1 saturated carbocycles. The van der Waals surface area contributed by atoms with E-state index >= 15 is 0 Å². The molecule has 1 aromatic carbocycles. The molecule has 1 heterocycles. The van der Waals surface area contributed by atoms with Crippen molar-refractivity contribution in [2.45, 2.75) is 38.6 Å². The Labute approximate surface area is 133 Å². The molecule has 3 rings (SSSR count). The highest BCUT2D eigenvalue weighted by Crippen LogP contribution is 2.23. The molecule has 2 aromatic rings. The third kappa shape index (κ3) is 3.11. The van der Waals surface area contributed by atoms with Gasteiger partial charge in [0.25, 0.3) is 11.5 Å². The van der Waals surface area contributed by atoms with E-state index in [1.165, 1.54) is 6.42 Å². The first kappa shape index (κ1) is 15.0. The van der Waals surface area contributed by atoms with Crippen molar-refractivity contribution in [2.75, 3.05) is 0 Å². The average Bonchev–Trinajstić information content (AvgIpc) is 2.46. The summed E-state index contributed by atoms with van der Waals surface area (Å²) in [5.41, 5.74) is 0.882. The molecule has 0 spiro atoms. The minimum absolute atomic E-state index is 0.0967. The van der Waals surface area contributed by atoms with E-state index in [4.69, 9.17) is 12.2 Å². The fraction of sp³-hybridized carbons (Fsp3) is 0.438. The second-order valence-corrected chi connectivity index (χ2v) is 6.52. The number of amides is 1. The number of carbonyl (C=O) groups is 1. The van der Waals surface area contributed by atoms with Gasteiger partial charge in [0.15, 0.2) is 4.77 Å². The van der Waals surface area contributed by atoms with Crippen molar-refractivity contribution in [3.63, 3.8) is 0 Å². The second kappa shape index (κ2) is 6.04. The van der Waals surface area contributed by atoms with E-state index in [1.807, 2.05) is 0 Å². The predicted molar refractivity (Wildman–Crippen MR) is 88.6 cm³/mol. The zero-order valence-electron chi connectivity index (χ0n) is 12.4. The number of carbonyl (C=O) groups excluding carboxylic acids is 1. The van der Waals surface area contributed by atoms with Crippen LogP contribution in [-0.2, 0) is 0 Å². The summed E-state index contributed by atoms with van der Waals surface area (Å²) in [5, 5.41) is 3.59. The van der Waals surface area contributed by atoms with Crippen LogP contribution in [-0.4, -0.2) is 21.9 Å². The van der Waals surface area contributed by atoms with Gasteiger partial charge in [-0.1, -0.05) is 19.8 Å². The van der Waals surface area contributed by atoms with Gasteiger partial charge in [-0.15, -0.1) is 0 Å². The van der Waals surface area contributed by atoms with Crippen molar-refractivity contribution in [1.82, 2.24) is 15.3 Å². The summed E-state index contributed by atoms with van der Waals surface area (Å²) in [5.74, 6) is 0.561. The molecule has 1 aliphatic carbocycles. The van der Waals surface area contributed by atoms with Crippen molar-refractivity contribution in [1.29, 1.82) is 0 Å². The van der Waals surface area contributed by atoms with Crippen LogP contribution in [0.2, 0.25) is 0 Å². The lowest BCUT2D eigenvalue weighted by molar-refractivity contribution is 0.0921. The first-order valence-corrected chi connectivity index (χ1v) is 8.01. The Morgan fingerprint density at radius 1 is 1.32 bits per heavy atom. The van der Waals surface area contributed by atoms with Crippen molar-refractivity contribution < 1.29 is 4.79 Å². The predicted octanol–water partition coefficient (Wildman–Crippen LogP) is 2.89. The molecule has 1 fully saturated rings. The summed E-state index contributed by atoms with van der Waals surface area (Å²) < 4.78 is 0.260. The maximum atomic E-state index is 12.4. The van der Waals surface area contributed by atoms with Gasteiger partial charge in [-0.25, -0.2) is 0 Å². The second-order valence-electron chi connectivity index (χ2n) is 6.11. The maximum absolute atomic E-state index is 12.4. The molecular formula is C16H19N3O2S. The van der Waals surface area contributed by atoms with Gasteiger partial charge in [0, 0.05) is 11.6 Å². The molecule has 0 aliphatic heterocycles. The zero-order chi connectivity index (χ0) is 15.7. The van der Waals surface area contributed by atoms with Gasteiger partial charge in [-0.2, -0.15) is 0 Å². The summed E-state index contributed by atoms with van der Waals surface area (Å²) in [7, 11) is 0. The Morgan fingerprint density at radius 2 is 2.14 bits per heavy atom. The minimum Gasteiger partial charge on any atom is -0.349 e. The third-order valence-corrected chi connectivity index (χ3v) is 4.48. The summed E-state index contributed by atoms with van der Waals surface area (Å²) in [6.07, 6.45) is 4.46. The van der Waals surface area contributed by atoms with E-state index in [9.17, 15) is 9.59 Å². The van der Waals surface area contributed by atoms with Gasteiger partial charge >= 0.3 is 0 Å². The number of nitrogens with one attached hydrogen (secondary N) is 3. The van der Waals surface area contributed by atoms with E-state index in [0.717, 1.165) is 19.3 Å². The van der Waals surface area contributed by atoms with Gasteiger partial charge in [0.1, 0.15) is 0 Å². The highest BCUT2D eigenvalue weighted by Gasteiger charge is 2.21. The highest BCUT2D eigenvalue weighted by atomic mass is 32.1. The number of rotatable bonds is 2. The normalized spacial score (nSPS) is 21.7. The van der Waals surface area contributed by atoms with Crippen LogP contribution in [0.4, 0.5) is 0 Å². The van der Waals surface area contributed by atoms with Crippen LogP contribution in [0, 0.1) is 10.7 Å². The zero-order valence-corrected chi connectivity index (χ0v) is 13.3. The topological polar surface area (TPSA) is 77.8 Å². The number of aromatic amines is 2. The van der Waals surface area contributed by atoms with Gasteiger partial charge < -0.3 is 10.3 Å². The fourth-order valence-corrected chi connectivity index (χ4v) is 3.35. The Balaban J connectivity index is 1.85. The van der Waals surface area contributed by atoms with Gasteiger partial charge in [0.2, 0.25) is 0 Å². The van der Waals surface area contributed by atoms with Crippen LogP contribution in [0.15, 0.2) is 23.0 Å². The van der Waals surface area contributed by atoms with Crippen LogP contribution in [0.25, 0.3) is 10.9 Å². The molecule has 3 N–H and O–H groups in total. The number of fused-ring (bicyclic) bond motifs is 1. The molecule has 1 aliphatic rings. The summed E-state index contributed by atoms with van der Waals surface area (Å²) in [4.78, 5) is 29.6. The molecule has 2 atom stereocenters. The van der Waals surface area contributed by atoms with Gasteiger partial charge in [-0.3, -0.25) is 14.6 Å². The van der Waals surface area contributed by atoms with Crippen LogP contribution >= 0.6 is 12.2 Å². The Morgan fingerprint density at radius 3 is 2.91 bits per heavy atom. The van der Waals surface area contributed by atoms with Crippen LogP contribution in [0.5, 0.6) is 0 Å². The highest BCUT2D eigenvalue weighted by molar-refractivity contribution is 7.71. The summed E-state index contributed by atoms with van der Waals surface area (Å²) in [6.45, 7) is 2.22. The van der Waals surface area contributed by atoms with E-state index < -0.39 is 0 Å². The summed E-state index contributed by atoms with van der Waals surface area (Å²) in [6, 6.07) is 5.25. The van der Waals surface area contributed by atoms with Crippen molar-refractivity contribution in [3.05, 3.63) is 38.9 Å². The molecule has 1 amide bonds. The Hall–Kier alpha value is -1.95. The maximum Gasteiger partial charge on any atom is 0.259 e. The number of hydrogen-bond donors (Lipinski definition) is 3. The number of aromatic nitrogens is 2. The van der Waals surface area contributed by atoms with Crippen LogP contribution in [0.3, 0.4) is 0 Å². The van der Waals surface area contributed by atoms with Crippen molar-refractivity contribution >= 4 is 29.0 Å². The first-order valence-electron chi connectivity index (χ1n) is 7.60. The smallest absolute Gasteiger partial charge is 0.259 e. The quantitative estimate of drug-likeness (QED) is 0.745. The lowest BCUT2D eigenvalue weighted by atomic mass is 9.87. The molecular weight excluding hydrogens is 298 g/mol. The van der Waals surface area contributed by atoms with Crippen LogP contribution < -0.4 is 10.9 Å². The largest absolute Gasteiger partial charge is 0.349 e. The standard InChI is InChI=1S/C16H19N3O2S/c1-9-3-2-4-11(7-9)17-14(20)10-5-6-12-13(8-10)18-16(22)19-15(12)21/h5-6,8-9,11H,2-4,7H2,1H3,(H,17,20)(H2,18,19,21,22)/t9-,11-/m0/s1. The SMILES string of the molecule is C[C@H]1CCC[C@H](NC(=O)c2ccc3c(=O)[nH]c(=S)[nH]c3c2)C1. The Kier molecular flexibility index (Phi) is 4.11. The van der Waals surface area contributed by atoms with E-state index in [0.29, 0.717) is 22.4 Å². The lowest BCUT2D eigenvalue weighted by Gasteiger charge is -2.27. The molecule has 0 radical (unpaired) electrons. The molecule has 0 unspecified atom stereocenters. The third-order valence-electron chi connectivity index (χ3n) is 4.27. The monoisotopic (exact) mass is 317 g/mol. The Bertz CT molecular complexity index is 824. The van der Waals surface area contributed by atoms with Gasteiger partial charge in [0.05, 0.1) is 10.9 Å². The van der Waals surface area contributed by atoms with E-state index in [1.54, 1.807) is 18.2 Å². The lowest BCUT2D eigenvalue weighted by Crippen LogP contribution is -2.38. The summed E-state index contributed by atoms with van der Waals surface area (Å²) >= 11 is 4.97. The average molecular weight is 317 g/mol. The molecule has 0 saturated heterocycles. The molecule has 5 nitrogen and oxygen atoms in total. The van der Waals surface area contributed by atoms with Crippen molar-refractivity contribution in [2.24, 2.45) is 5.92 Å². The fourth-order valence-electron chi connectivity index (χ4n) is 3.14. The van der Waals surface area contributed by atoms with Crippen LogP contribution in [0.1, 0.15) is 43.0 Å². The van der Waals surface area contributed by atoms with Crippen molar-refractivity contribution in [3.8, 4) is 0 Å². The number of hydrogen-bond acceptors (Lipinski definition) is 3. The molecule has 22 heavy (non-hydrogen) atoms. The number of benzene rings is 1. The van der Waals surface area contributed by atoms with E-state index in [2.05, 4.69) is 22.2 Å². The number of H-pyrrole nitrogens is 2. The molecule has 116 valence electrons. The minimum atomic E-state index is -0.244. The molecule has 6 heteroatoms. The van der Waals surface area contributed by atoms with Gasteiger partial charge in [-0.05, 0) is 49.2 Å². The molecule has 0 bridgehead atoms. The first-order chi connectivity index (χ1) is 10.5. The van der Waals surface area contributed by atoms with E-state index in [-0.39, 0.29) is 22.3 Å².